The Hall–Kier alpha value is -0.650. The zero-order valence-corrected chi connectivity index (χ0v) is 8.94. The van der Waals surface area contributed by atoms with E-state index in [1.165, 1.54) is 0 Å². The number of nitrogens with two attached hydrogens (primary N) is 1. The zero-order chi connectivity index (χ0) is 10.3. The van der Waals surface area contributed by atoms with Crippen molar-refractivity contribution >= 4 is 5.71 Å². The maximum Gasteiger partial charge on any atom is 0.0582 e. The topological polar surface area (TPSA) is 74.5 Å². The average Bonchev–Trinajstić information content (AvgIpc) is 2.10. The molecule has 78 valence electrons. The molecule has 0 aromatic heterocycles. The summed E-state index contributed by atoms with van der Waals surface area (Å²) >= 11 is 0. The molecule has 5 N–H and O–H groups in total. The molecular formula is C8H21N5. The van der Waals surface area contributed by atoms with Crippen molar-refractivity contribution in [2.45, 2.75) is 13.8 Å². The Labute approximate surface area is 80.1 Å². The molecule has 0 aromatic carbocycles. The van der Waals surface area contributed by atoms with Crippen LogP contribution >= 0.6 is 0 Å². The van der Waals surface area contributed by atoms with E-state index in [4.69, 9.17) is 5.73 Å². The Morgan fingerprint density at radius 3 is 2.38 bits per heavy atom. The predicted molar refractivity (Wildman–Crippen MR) is 56.4 cm³/mol. The van der Waals surface area contributed by atoms with Crippen LogP contribution in [0.4, 0.5) is 0 Å². The second-order valence-electron chi connectivity index (χ2n) is 3.47. The molecule has 0 aliphatic heterocycles. The van der Waals surface area contributed by atoms with E-state index in [1.54, 1.807) is 7.05 Å². The van der Waals surface area contributed by atoms with Crippen molar-refractivity contribution in [3.05, 3.63) is 0 Å². The van der Waals surface area contributed by atoms with Crippen molar-refractivity contribution in [3.63, 3.8) is 0 Å². The van der Waals surface area contributed by atoms with Gasteiger partial charge in [0.1, 0.15) is 0 Å². The molecule has 0 aliphatic rings. The molecule has 0 fully saturated rings. The first kappa shape index (κ1) is 12.3. The molecule has 0 heterocycles. The summed E-state index contributed by atoms with van der Waals surface area (Å²) in [4.78, 5) is 0. The lowest BCUT2D eigenvalue weighted by atomic mass is 9.87. The molecule has 5 heteroatoms. The van der Waals surface area contributed by atoms with Crippen LogP contribution in [0, 0.1) is 5.41 Å². The van der Waals surface area contributed by atoms with Crippen LogP contribution in [-0.4, -0.2) is 32.9 Å². The van der Waals surface area contributed by atoms with E-state index in [2.05, 4.69) is 35.2 Å². The summed E-state index contributed by atoms with van der Waals surface area (Å²) in [6.45, 7) is 5.46. The SMILES string of the molecule is CN/N=C(/CN)C(C)(C)CNNC. The molecule has 0 aliphatic carbocycles. The minimum absolute atomic E-state index is 0.0409. The van der Waals surface area contributed by atoms with Gasteiger partial charge in [-0.15, -0.1) is 0 Å². The van der Waals surface area contributed by atoms with Gasteiger partial charge in [0.2, 0.25) is 0 Å². The largest absolute Gasteiger partial charge is 0.325 e. The van der Waals surface area contributed by atoms with Crippen LogP contribution < -0.4 is 22.0 Å². The van der Waals surface area contributed by atoms with Gasteiger partial charge in [-0.25, -0.2) is 0 Å². The van der Waals surface area contributed by atoms with Crippen LogP contribution in [0.3, 0.4) is 0 Å². The van der Waals surface area contributed by atoms with E-state index in [0.29, 0.717) is 6.54 Å². The number of nitrogens with one attached hydrogen (secondary N) is 3. The van der Waals surface area contributed by atoms with Crippen molar-refractivity contribution in [1.29, 1.82) is 0 Å². The number of hydrazone groups is 1. The van der Waals surface area contributed by atoms with Gasteiger partial charge >= 0.3 is 0 Å². The van der Waals surface area contributed by atoms with Crippen molar-refractivity contribution in [2.24, 2.45) is 16.3 Å². The number of hydrogen-bond donors (Lipinski definition) is 4. The quantitative estimate of drug-likeness (QED) is 0.327. The van der Waals surface area contributed by atoms with Crippen LogP contribution in [0.15, 0.2) is 5.10 Å². The van der Waals surface area contributed by atoms with E-state index >= 15 is 0 Å². The lowest BCUT2D eigenvalue weighted by Crippen LogP contribution is -2.44. The average molecular weight is 187 g/mol. The number of hydrogen-bond acceptors (Lipinski definition) is 5. The predicted octanol–water partition coefficient (Wildman–Crippen LogP) is -0.729. The minimum atomic E-state index is -0.0409. The van der Waals surface area contributed by atoms with Crippen molar-refractivity contribution in [3.8, 4) is 0 Å². The van der Waals surface area contributed by atoms with E-state index in [-0.39, 0.29) is 5.41 Å². The Morgan fingerprint density at radius 1 is 1.38 bits per heavy atom. The third kappa shape index (κ3) is 4.21. The van der Waals surface area contributed by atoms with Gasteiger partial charge in [-0.2, -0.15) is 5.10 Å². The van der Waals surface area contributed by atoms with Gasteiger partial charge in [-0.3, -0.25) is 10.9 Å². The first-order valence-electron chi connectivity index (χ1n) is 4.42. The summed E-state index contributed by atoms with van der Waals surface area (Å²) in [6.07, 6.45) is 0. The molecule has 0 aromatic rings. The summed E-state index contributed by atoms with van der Waals surface area (Å²) < 4.78 is 0. The lowest BCUT2D eigenvalue weighted by Gasteiger charge is -2.25. The Morgan fingerprint density at radius 2 is 2.00 bits per heavy atom. The second-order valence-corrected chi connectivity index (χ2v) is 3.47. The van der Waals surface area contributed by atoms with Crippen molar-refractivity contribution in [2.75, 3.05) is 27.2 Å². The number of rotatable bonds is 6. The second kappa shape index (κ2) is 5.90. The monoisotopic (exact) mass is 187 g/mol. The molecule has 13 heavy (non-hydrogen) atoms. The third-order valence-corrected chi connectivity index (χ3v) is 1.93. The fraction of sp³-hybridized carbons (Fsp3) is 0.875. The van der Waals surface area contributed by atoms with Crippen molar-refractivity contribution < 1.29 is 0 Å². The standard InChI is InChI=1S/C8H21N5/c1-8(2,6-12-10-3)7(5-9)13-11-4/h10-12H,5-6,9H2,1-4H3/b13-7-. The molecular weight excluding hydrogens is 166 g/mol. The zero-order valence-electron chi connectivity index (χ0n) is 8.94. The van der Waals surface area contributed by atoms with Crippen LogP contribution in [0.25, 0.3) is 0 Å². The highest BCUT2D eigenvalue weighted by molar-refractivity contribution is 5.91. The summed E-state index contributed by atoms with van der Waals surface area (Å²) in [6, 6.07) is 0. The van der Waals surface area contributed by atoms with E-state index in [9.17, 15) is 0 Å². The third-order valence-electron chi connectivity index (χ3n) is 1.93. The smallest absolute Gasteiger partial charge is 0.0582 e. The molecule has 0 saturated carbocycles. The molecule has 0 radical (unpaired) electrons. The summed E-state index contributed by atoms with van der Waals surface area (Å²) in [5.74, 6) is 0. The van der Waals surface area contributed by atoms with Crippen LogP contribution in [0.1, 0.15) is 13.8 Å². The highest BCUT2D eigenvalue weighted by Crippen LogP contribution is 2.15. The maximum atomic E-state index is 5.60. The highest BCUT2D eigenvalue weighted by Gasteiger charge is 2.23. The summed E-state index contributed by atoms with van der Waals surface area (Å²) in [5.41, 5.74) is 15.2. The van der Waals surface area contributed by atoms with Gasteiger partial charge in [0.15, 0.2) is 0 Å². The maximum absolute atomic E-state index is 5.60. The first-order chi connectivity index (χ1) is 6.08. The fourth-order valence-electron chi connectivity index (χ4n) is 1.02. The molecule has 0 unspecified atom stereocenters. The molecule has 0 rings (SSSR count). The number of nitrogens with zero attached hydrogens (tertiary/aromatic N) is 1. The van der Waals surface area contributed by atoms with Crippen LogP contribution in [0.2, 0.25) is 0 Å². The Balaban J connectivity index is 4.29. The molecule has 0 bridgehead atoms. The molecule has 0 spiro atoms. The van der Waals surface area contributed by atoms with Gasteiger partial charge in [0, 0.05) is 25.6 Å². The lowest BCUT2D eigenvalue weighted by molar-refractivity contribution is 0.429. The normalized spacial score (nSPS) is 13.2. The van der Waals surface area contributed by atoms with Gasteiger partial charge in [-0.05, 0) is 7.05 Å². The summed E-state index contributed by atoms with van der Waals surface area (Å²) in [5, 5.41) is 4.14. The van der Waals surface area contributed by atoms with Crippen LogP contribution in [0.5, 0.6) is 0 Å². The Kier molecular flexibility index (Phi) is 5.61. The molecule has 0 amide bonds. The van der Waals surface area contributed by atoms with Crippen LogP contribution in [-0.2, 0) is 0 Å². The van der Waals surface area contributed by atoms with E-state index < -0.39 is 0 Å². The van der Waals surface area contributed by atoms with E-state index in [0.717, 1.165) is 12.3 Å². The van der Waals surface area contributed by atoms with Gasteiger partial charge in [-0.1, -0.05) is 13.8 Å². The van der Waals surface area contributed by atoms with E-state index in [1.807, 2.05) is 7.05 Å². The first-order valence-corrected chi connectivity index (χ1v) is 4.42. The molecule has 0 atom stereocenters. The van der Waals surface area contributed by atoms with Gasteiger partial charge < -0.3 is 11.2 Å². The van der Waals surface area contributed by atoms with Gasteiger partial charge in [0.25, 0.3) is 0 Å². The highest BCUT2D eigenvalue weighted by atomic mass is 15.3. The molecule has 0 saturated heterocycles. The van der Waals surface area contributed by atoms with Gasteiger partial charge in [0.05, 0.1) is 5.71 Å². The van der Waals surface area contributed by atoms with Crippen molar-refractivity contribution in [1.82, 2.24) is 16.3 Å². The molecule has 5 nitrogen and oxygen atoms in total. The number of hydrazine groups is 1. The Bertz CT molecular complexity index is 164. The summed E-state index contributed by atoms with van der Waals surface area (Å²) in [7, 11) is 3.62. The fourth-order valence-corrected chi connectivity index (χ4v) is 1.02. The minimum Gasteiger partial charge on any atom is -0.325 e.